The van der Waals surface area contributed by atoms with Gasteiger partial charge < -0.3 is 14.6 Å². The fourth-order valence-electron chi connectivity index (χ4n) is 0.870. The molecule has 82 valence electrons. The van der Waals surface area contributed by atoms with Crippen LogP contribution >= 0.6 is 0 Å². The van der Waals surface area contributed by atoms with Crippen molar-refractivity contribution in [1.82, 2.24) is 9.97 Å². The van der Waals surface area contributed by atoms with Crippen LogP contribution in [-0.2, 0) is 4.74 Å². The standard InChI is InChI=1S/C9H12N2O4/c1-2-14-3-4-15-8-6-10-5-7(11-8)9(12)13/h5-6H,2-4H2,1H3,(H,12,13). The molecule has 15 heavy (non-hydrogen) atoms. The molecule has 0 aliphatic carbocycles. The molecule has 0 saturated heterocycles. The van der Waals surface area contributed by atoms with Crippen molar-refractivity contribution in [3.05, 3.63) is 18.1 Å². The predicted molar refractivity (Wildman–Crippen MR) is 51.0 cm³/mol. The summed E-state index contributed by atoms with van der Waals surface area (Å²) in [7, 11) is 0. The molecule has 0 fully saturated rings. The van der Waals surface area contributed by atoms with E-state index in [1.165, 1.54) is 6.20 Å². The number of nitrogens with zero attached hydrogens (tertiary/aromatic N) is 2. The van der Waals surface area contributed by atoms with Crippen LogP contribution in [0.25, 0.3) is 0 Å². The van der Waals surface area contributed by atoms with Crippen molar-refractivity contribution in [3.63, 3.8) is 0 Å². The average Bonchev–Trinajstić information content (AvgIpc) is 2.25. The number of aromatic carboxylic acids is 1. The highest BCUT2D eigenvalue weighted by Gasteiger charge is 2.06. The Kier molecular flexibility index (Phi) is 4.49. The smallest absolute Gasteiger partial charge is 0.356 e. The number of rotatable bonds is 6. The molecule has 1 rings (SSSR count). The van der Waals surface area contributed by atoms with Crippen molar-refractivity contribution in [2.24, 2.45) is 0 Å². The van der Waals surface area contributed by atoms with Gasteiger partial charge in [-0.05, 0) is 6.92 Å². The minimum Gasteiger partial charge on any atom is -0.476 e. The van der Waals surface area contributed by atoms with Crippen LogP contribution in [0.15, 0.2) is 12.4 Å². The summed E-state index contributed by atoms with van der Waals surface area (Å²) in [5.41, 5.74) is -0.135. The zero-order chi connectivity index (χ0) is 11.1. The van der Waals surface area contributed by atoms with E-state index in [4.69, 9.17) is 14.6 Å². The Morgan fingerprint density at radius 3 is 2.93 bits per heavy atom. The van der Waals surface area contributed by atoms with Gasteiger partial charge in [-0.15, -0.1) is 0 Å². The topological polar surface area (TPSA) is 81.5 Å². The van der Waals surface area contributed by atoms with Gasteiger partial charge in [0.2, 0.25) is 5.88 Å². The normalized spacial score (nSPS) is 9.93. The van der Waals surface area contributed by atoms with E-state index in [9.17, 15) is 4.79 Å². The highest BCUT2D eigenvalue weighted by Crippen LogP contribution is 2.04. The largest absolute Gasteiger partial charge is 0.476 e. The Bertz CT molecular complexity index is 330. The van der Waals surface area contributed by atoms with Crippen LogP contribution < -0.4 is 4.74 Å². The Morgan fingerprint density at radius 1 is 1.47 bits per heavy atom. The van der Waals surface area contributed by atoms with Gasteiger partial charge in [0.1, 0.15) is 6.61 Å². The van der Waals surface area contributed by atoms with Crippen LogP contribution in [0.1, 0.15) is 17.4 Å². The lowest BCUT2D eigenvalue weighted by molar-refractivity contribution is 0.0687. The van der Waals surface area contributed by atoms with E-state index in [-0.39, 0.29) is 11.6 Å². The monoisotopic (exact) mass is 212 g/mol. The average molecular weight is 212 g/mol. The molecule has 0 atom stereocenters. The van der Waals surface area contributed by atoms with Crippen LogP contribution in [-0.4, -0.2) is 40.9 Å². The molecule has 1 heterocycles. The van der Waals surface area contributed by atoms with E-state index in [0.717, 1.165) is 6.20 Å². The number of hydrogen-bond donors (Lipinski definition) is 1. The van der Waals surface area contributed by atoms with Gasteiger partial charge in [-0.25, -0.2) is 9.78 Å². The summed E-state index contributed by atoms with van der Waals surface area (Å²) < 4.78 is 10.2. The van der Waals surface area contributed by atoms with Crippen LogP contribution in [0.3, 0.4) is 0 Å². The van der Waals surface area contributed by atoms with Crippen molar-refractivity contribution in [3.8, 4) is 5.88 Å². The summed E-state index contributed by atoms with van der Waals surface area (Å²) in [6, 6.07) is 0. The minimum absolute atomic E-state index is 0.135. The molecule has 0 aliphatic rings. The fraction of sp³-hybridized carbons (Fsp3) is 0.444. The second-order valence-corrected chi connectivity index (χ2v) is 2.59. The first-order valence-electron chi connectivity index (χ1n) is 4.50. The maximum Gasteiger partial charge on any atom is 0.356 e. The minimum atomic E-state index is -1.13. The van der Waals surface area contributed by atoms with Crippen molar-refractivity contribution in [2.45, 2.75) is 6.92 Å². The van der Waals surface area contributed by atoms with Crippen LogP contribution in [0.2, 0.25) is 0 Å². The van der Waals surface area contributed by atoms with E-state index in [2.05, 4.69) is 9.97 Å². The lowest BCUT2D eigenvalue weighted by Gasteiger charge is -2.04. The summed E-state index contributed by atoms with van der Waals surface area (Å²) >= 11 is 0. The molecule has 1 N–H and O–H groups in total. The number of carbonyl (C=O) groups is 1. The molecule has 0 amide bonds. The zero-order valence-electron chi connectivity index (χ0n) is 8.34. The molecule has 0 aliphatic heterocycles. The van der Waals surface area contributed by atoms with Gasteiger partial charge in [0.05, 0.1) is 19.0 Å². The first kappa shape index (κ1) is 11.4. The maximum atomic E-state index is 10.5. The molecule has 1 aromatic rings. The molecule has 1 aromatic heterocycles. The number of carboxylic acid groups (broad SMARTS) is 1. The Labute approximate surface area is 86.9 Å². The lowest BCUT2D eigenvalue weighted by Crippen LogP contribution is -2.09. The first-order chi connectivity index (χ1) is 7.24. The summed E-state index contributed by atoms with van der Waals surface area (Å²) in [4.78, 5) is 18.0. The Balaban J connectivity index is 2.47. The summed E-state index contributed by atoms with van der Waals surface area (Å²) in [6.07, 6.45) is 2.52. The zero-order valence-corrected chi connectivity index (χ0v) is 8.34. The van der Waals surface area contributed by atoms with Crippen molar-refractivity contribution >= 4 is 5.97 Å². The molecule has 0 spiro atoms. The number of carboxylic acids is 1. The third kappa shape index (κ3) is 3.90. The molecule has 6 heteroatoms. The molecular weight excluding hydrogens is 200 g/mol. The highest BCUT2D eigenvalue weighted by molar-refractivity contribution is 5.84. The molecule has 0 unspecified atom stereocenters. The molecule has 6 nitrogen and oxygen atoms in total. The highest BCUT2D eigenvalue weighted by atomic mass is 16.5. The Morgan fingerprint density at radius 2 is 2.27 bits per heavy atom. The predicted octanol–water partition coefficient (Wildman–Crippen LogP) is 0.590. The molecule has 0 bridgehead atoms. The quantitative estimate of drug-likeness (QED) is 0.695. The molecule has 0 aromatic carbocycles. The molecular formula is C9H12N2O4. The van der Waals surface area contributed by atoms with E-state index < -0.39 is 5.97 Å². The molecule has 0 saturated carbocycles. The number of aromatic nitrogens is 2. The van der Waals surface area contributed by atoms with E-state index >= 15 is 0 Å². The van der Waals surface area contributed by atoms with Crippen LogP contribution in [0.4, 0.5) is 0 Å². The second-order valence-electron chi connectivity index (χ2n) is 2.59. The number of ether oxygens (including phenoxy) is 2. The van der Waals surface area contributed by atoms with Crippen molar-refractivity contribution in [2.75, 3.05) is 19.8 Å². The van der Waals surface area contributed by atoms with Gasteiger partial charge in [-0.2, -0.15) is 0 Å². The number of hydrogen-bond acceptors (Lipinski definition) is 5. The first-order valence-corrected chi connectivity index (χ1v) is 4.50. The SMILES string of the molecule is CCOCCOc1cncc(C(=O)O)n1. The van der Waals surface area contributed by atoms with Gasteiger partial charge in [-0.3, -0.25) is 4.98 Å². The fourth-order valence-corrected chi connectivity index (χ4v) is 0.870. The van der Waals surface area contributed by atoms with E-state index in [1.54, 1.807) is 0 Å². The molecule has 0 radical (unpaired) electrons. The summed E-state index contributed by atoms with van der Waals surface area (Å²) in [6.45, 7) is 3.26. The van der Waals surface area contributed by atoms with Gasteiger partial charge >= 0.3 is 5.97 Å². The summed E-state index contributed by atoms with van der Waals surface area (Å²) in [5.74, 6) is -0.938. The van der Waals surface area contributed by atoms with Gasteiger partial charge in [0.25, 0.3) is 0 Å². The third-order valence-corrected chi connectivity index (χ3v) is 1.51. The van der Waals surface area contributed by atoms with E-state index in [1.807, 2.05) is 6.92 Å². The van der Waals surface area contributed by atoms with Crippen LogP contribution in [0, 0.1) is 0 Å². The van der Waals surface area contributed by atoms with Crippen molar-refractivity contribution < 1.29 is 19.4 Å². The van der Waals surface area contributed by atoms with Gasteiger partial charge in [-0.1, -0.05) is 0 Å². The third-order valence-electron chi connectivity index (χ3n) is 1.51. The Hall–Kier alpha value is -1.69. The van der Waals surface area contributed by atoms with Crippen molar-refractivity contribution in [1.29, 1.82) is 0 Å². The summed E-state index contributed by atoms with van der Waals surface area (Å²) in [5, 5.41) is 8.64. The maximum absolute atomic E-state index is 10.5. The van der Waals surface area contributed by atoms with E-state index in [0.29, 0.717) is 19.8 Å². The van der Waals surface area contributed by atoms with Crippen LogP contribution in [0.5, 0.6) is 5.88 Å². The lowest BCUT2D eigenvalue weighted by atomic mass is 10.5. The van der Waals surface area contributed by atoms with Gasteiger partial charge in [0.15, 0.2) is 5.69 Å². The second kappa shape index (κ2) is 5.92. The van der Waals surface area contributed by atoms with Gasteiger partial charge in [0, 0.05) is 6.61 Å².